The van der Waals surface area contributed by atoms with E-state index in [0.29, 0.717) is 11.8 Å². The molecule has 0 aliphatic heterocycles. The van der Waals surface area contributed by atoms with Crippen LogP contribution in [0.1, 0.15) is 80.9 Å². The maximum atomic E-state index is 11.1. The molecule has 0 radical (unpaired) electrons. The smallest absolute Gasteiger partial charge is 0.119 e. The molecule has 0 amide bonds. The van der Waals surface area contributed by atoms with Gasteiger partial charge < -0.3 is 24.1 Å². The van der Waals surface area contributed by atoms with Crippen molar-refractivity contribution in [3.63, 3.8) is 0 Å². The van der Waals surface area contributed by atoms with Gasteiger partial charge in [-0.3, -0.25) is 0 Å². The van der Waals surface area contributed by atoms with Gasteiger partial charge in [0.15, 0.2) is 0 Å². The molecule has 0 aliphatic carbocycles. The summed E-state index contributed by atoms with van der Waals surface area (Å²) in [6.45, 7) is 21.4. The highest BCUT2D eigenvalue weighted by Gasteiger charge is 2.33. The Labute approximate surface area is 196 Å². The molecule has 0 saturated heterocycles. The molecule has 1 aromatic carbocycles. The molecule has 5 nitrogen and oxygen atoms in total. The first kappa shape index (κ1) is 28.9. The number of hydrogen-bond acceptors (Lipinski definition) is 5. The lowest BCUT2D eigenvalue weighted by Gasteiger charge is -2.36. The molecule has 0 unspecified atom stereocenters. The van der Waals surface area contributed by atoms with Crippen LogP contribution in [0.3, 0.4) is 0 Å². The first-order valence-corrected chi connectivity index (χ1v) is 12.0. The largest absolute Gasteiger partial charge is 0.497 e. The van der Waals surface area contributed by atoms with Gasteiger partial charge in [-0.2, -0.15) is 0 Å². The van der Waals surface area contributed by atoms with Gasteiger partial charge in [0, 0.05) is 0 Å². The number of ether oxygens (including phenoxy) is 4. The summed E-state index contributed by atoms with van der Waals surface area (Å²) in [5, 5.41) is 11.1. The molecule has 1 N–H and O–H groups in total. The van der Waals surface area contributed by atoms with Gasteiger partial charge in [0.1, 0.15) is 18.0 Å². The molecule has 0 aromatic heterocycles. The van der Waals surface area contributed by atoms with E-state index in [1.54, 1.807) is 7.11 Å². The topological polar surface area (TPSA) is 57.2 Å². The van der Waals surface area contributed by atoms with Crippen LogP contribution in [-0.4, -0.2) is 48.8 Å². The van der Waals surface area contributed by atoms with Crippen LogP contribution in [0.2, 0.25) is 0 Å². The Hall–Kier alpha value is -1.14. The van der Waals surface area contributed by atoms with Crippen molar-refractivity contribution in [2.45, 2.75) is 98.8 Å². The Morgan fingerprint density at radius 2 is 1.38 bits per heavy atom. The van der Waals surface area contributed by atoms with Crippen LogP contribution in [-0.2, 0) is 14.2 Å². The molecule has 0 saturated carbocycles. The SMILES string of the molecule is COc1cccc([C@@H](O[C@@H](COC(C)(C)C(C)C)[C@@H](O)COC(C)(C)C(C)C)C(C)C)c1. The molecule has 1 rings (SSSR count). The van der Waals surface area contributed by atoms with E-state index in [4.69, 9.17) is 18.9 Å². The van der Waals surface area contributed by atoms with Crippen molar-refractivity contribution in [2.75, 3.05) is 20.3 Å². The summed E-state index contributed by atoms with van der Waals surface area (Å²) in [7, 11) is 1.66. The first-order chi connectivity index (χ1) is 14.7. The van der Waals surface area contributed by atoms with Gasteiger partial charge in [-0.05, 0) is 63.1 Å². The summed E-state index contributed by atoms with van der Waals surface area (Å²) in [5.74, 6) is 1.64. The van der Waals surface area contributed by atoms with Crippen molar-refractivity contribution in [1.82, 2.24) is 0 Å². The minimum Gasteiger partial charge on any atom is -0.497 e. The Kier molecular flexibility index (Phi) is 11.2. The van der Waals surface area contributed by atoms with Gasteiger partial charge in [-0.25, -0.2) is 0 Å². The molecule has 0 spiro atoms. The Morgan fingerprint density at radius 1 is 0.844 bits per heavy atom. The molecule has 32 heavy (non-hydrogen) atoms. The van der Waals surface area contributed by atoms with E-state index in [0.717, 1.165) is 11.3 Å². The van der Waals surface area contributed by atoms with E-state index in [2.05, 4.69) is 55.4 Å². The van der Waals surface area contributed by atoms with Crippen molar-refractivity contribution >= 4 is 0 Å². The summed E-state index contributed by atoms with van der Waals surface area (Å²) in [6, 6.07) is 7.91. The molecule has 0 aliphatic rings. The number of rotatable bonds is 14. The fraction of sp³-hybridized carbons (Fsp3) is 0.778. The summed E-state index contributed by atoms with van der Waals surface area (Å²) < 4.78 is 24.3. The predicted molar refractivity (Wildman–Crippen MR) is 131 cm³/mol. The molecule has 186 valence electrons. The lowest BCUT2D eigenvalue weighted by molar-refractivity contribution is -0.177. The third kappa shape index (κ3) is 8.66. The minimum atomic E-state index is -0.817. The summed E-state index contributed by atoms with van der Waals surface area (Å²) in [5.41, 5.74) is 0.347. The van der Waals surface area contributed by atoms with E-state index >= 15 is 0 Å². The summed E-state index contributed by atoms with van der Waals surface area (Å²) in [6.07, 6.45) is -1.56. The predicted octanol–water partition coefficient (Wildman–Crippen LogP) is 6.04. The van der Waals surface area contributed by atoms with E-state index in [-0.39, 0.29) is 36.4 Å². The molecule has 0 bridgehead atoms. The Bertz CT molecular complexity index is 666. The minimum absolute atomic E-state index is 0.185. The normalized spacial score (nSPS) is 16.0. The van der Waals surface area contributed by atoms with E-state index in [9.17, 15) is 5.11 Å². The van der Waals surface area contributed by atoms with Gasteiger partial charge in [0.05, 0.1) is 37.6 Å². The van der Waals surface area contributed by atoms with Crippen LogP contribution in [0.4, 0.5) is 0 Å². The van der Waals surface area contributed by atoms with Crippen LogP contribution in [0.25, 0.3) is 0 Å². The molecular formula is C27H48O5. The second-order valence-electron chi connectivity index (χ2n) is 10.8. The zero-order valence-corrected chi connectivity index (χ0v) is 22.3. The summed E-state index contributed by atoms with van der Waals surface area (Å²) >= 11 is 0. The maximum Gasteiger partial charge on any atom is 0.119 e. The lowest BCUT2D eigenvalue weighted by atomic mass is 9.94. The second kappa shape index (κ2) is 12.4. The van der Waals surface area contributed by atoms with Gasteiger partial charge in [0.2, 0.25) is 0 Å². The Balaban J connectivity index is 3.10. The van der Waals surface area contributed by atoms with Gasteiger partial charge >= 0.3 is 0 Å². The van der Waals surface area contributed by atoms with Crippen molar-refractivity contribution in [1.29, 1.82) is 0 Å². The van der Waals surface area contributed by atoms with Crippen molar-refractivity contribution in [2.24, 2.45) is 17.8 Å². The number of aliphatic hydroxyl groups is 1. The molecule has 5 heteroatoms. The monoisotopic (exact) mass is 452 g/mol. The molecule has 0 fully saturated rings. The molecule has 3 atom stereocenters. The Morgan fingerprint density at radius 3 is 1.84 bits per heavy atom. The standard InChI is InChI=1S/C27H48O5/c1-18(2)25(21-13-12-14-22(15-21)29-11)32-24(17-31-27(9,10)20(5)6)23(28)16-30-26(7,8)19(3)4/h12-15,18-20,23-25,28H,16-17H2,1-11H3/t23-,24-,25-/m0/s1. The third-order valence-electron chi connectivity index (χ3n) is 6.80. The average Bonchev–Trinajstić information content (AvgIpc) is 2.71. The van der Waals surface area contributed by atoms with Crippen molar-refractivity contribution < 1.29 is 24.1 Å². The van der Waals surface area contributed by atoms with E-state index in [1.165, 1.54) is 0 Å². The number of hydrogen-bond donors (Lipinski definition) is 1. The fourth-order valence-corrected chi connectivity index (χ4v) is 2.91. The van der Waals surface area contributed by atoms with Gasteiger partial charge in [-0.15, -0.1) is 0 Å². The first-order valence-electron chi connectivity index (χ1n) is 12.0. The zero-order chi connectivity index (χ0) is 24.7. The number of benzene rings is 1. The lowest BCUT2D eigenvalue weighted by Crippen LogP contribution is -2.44. The second-order valence-corrected chi connectivity index (χ2v) is 10.8. The maximum absolute atomic E-state index is 11.1. The van der Waals surface area contributed by atoms with Crippen LogP contribution in [0.15, 0.2) is 24.3 Å². The van der Waals surface area contributed by atoms with E-state index < -0.39 is 12.2 Å². The zero-order valence-electron chi connectivity index (χ0n) is 22.3. The van der Waals surface area contributed by atoms with Crippen LogP contribution in [0.5, 0.6) is 5.75 Å². The third-order valence-corrected chi connectivity index (χ3v) is 6.80. The van der Waals surface area contributed by atoms with Gasteiger partial charge in [-0.1, -0.05) is 53.7 Å². The average molecular weight is 453 g/mol. The quantitative estimate of drug-likeness (QED) is 0.373. The van der Waals surface area contributed by atoms with Crippen molar-refractivity contribution in [3.05, 3.63) is 29.8 Å². The highest BCUT2D eigenvalue weighted by Crippen LogP contribution is 2.31. The van der Waals surface area contributed by atoms with Crippen LogP contribution in [0, 0.1) is 17.8 Å². The van der Waals surface area contributed by atoms with Crippen LogP contribution < -0.4 is 4.74 Å². The highest BCUT2D eigenvalue weighted by molar-refractivity contribution is 5.30. The highest BCUT2D eigenvalue weighted by atomic mass is 16.6. The number of methoxy groups -OCH3 is 1. The molecule has 1 aromatic rings. The number of aliphatic hydroxyl groups excluding tert-OH is 1. The van der Waals surface area contributed by atoms with Crippen molar-refractivity contribution in [3.8, 4) is 5.75 Å². The fourth-order valence-electron chi connectivity index (χ4n) is 2.91. The van der Waals surface area contributed by atoms with Crippen LogP contribution >= 0.6 is 0 Å². The van der Waals surface area contributed by atoms with E-state index in [1.807, 2.05) is 38.1 Å². The molecular weight excluding hydrogens is 404 g/mol. The molecule has 0 heterocycles. The van der Waals surface area contributed by atoms with Gasteiger partial charge in [0.25, 0.3) is 0 Å². The summed E-state index contributed by atoms with van der Waals surface area (Å²) in [4.78, 5) is 0.